The number of allylic oxidation sites excluding steroid dienone is 2. The Hall–Kier alpha value is -0.380. The van der Waals surface area contributed by atoms with Crippen molar-refractivity contribution in [1.29, 1.82) is 0 Å². The second-order valence-electron chi connectivity index (χ2n) is 5.03. The van der Waals surface area contributed by atoms with Crippen LogP contribution in [0.5, 0.6) is 0 Å². The Morgan fingerprint density at radius 2 is 1.75 bits per heavy atom. The number of nitrogens with zero attached hydrogens (tertiary/aromatic N) is 1. The molecule has 2 aliphatic carbocycles. The van der Waals surface area contributed by atoms with Gasteiger partial charge in [-0.3, -0.25) is 4.90 Å². The molecule has 1 heterocycles. The van der Waals surface area contributed by atoms with Crippen molar-refractivity contribution in [3.05, 3.63) is 12.2 Å². The molecule has 3 heteroatoms. The summed E-state index contributed by atoms with van der Waals surface area (Å²) in [4.78, 5) is 2.26. The lowest BCUT2D eigenvalue weighted by Gasteiger charge is -2.25. The van der Waals surface area contributed by atoms with Crippen LogP contribution in [0.25, 0.3) is 0 Å². The Bertz CT molecular complexity index is 209. The zero-order chi connectivity index (χ0) is 11.2. The fourth-order valence-electron chi connectivity index (χ4n) is 2.79. The van der Waals surface area contributed by atoms with E-state index in [4.69, 9.17) is 5.11 Å². The van der Waals surface area contributed by atoms with Crippen LogP contribution in [0.15, 0.2) is 12.2 Å². The molecule has 3 aliphatic rings. The summed E-state index contributed by atoms with van der Waals surface area (Å²) >= 11 is 0. The zero-order valence-electron chi connectivity index (χ0n) is 10.1. The molecule has 0 aromatic heterocycles. The maximum atomic E-state index is 8.56. The summed E-state index contributed by atoms with van der Waals surface area (Å²) in [5, 5.41) is 11.8. The summed E-state index contributed by atoms with van der Waals surface area (Å²) in [6, 6.07) is 0. The highest BCUT2D eigenvalue weighted by Crippen LogP contribution is 2.38. The molecule has 0 aromatic carbocycles. The van der Waals surface area contributed by atoms with Gasteiger partial charge in [0, 0.05) is 32.7 Å². The van der Waals surface area contributed by atoms with E-state index in [0.717, 1.165) is 44.6 Å². The van der Waals surface area contributed by atoms with E-state index in [0.29, 0.717) is 6.61 Å². The van der Waals surface area contributed by atoms with E-state index in [1.807, 2.05) is 0 Å². The molecule has 16 heavy (non-hydrogen) atoms. The first kappa shape index (κ1) is 12.1. The van der Waals surface area contributed by atoms with Crippen LogP contribution in [0, 0.1) is 11.8 Å². The van der Waals surface area contributed by atoms with Crippen LogP contribution in [0.4, 0.5) is 0 Å². The lowest BCUT2D eigenvalue weighted by atomic mass is 10.1. The van der Waals surface area contributed by atoms with Crippen molar-refractivity contribution in [2.45, 2.75) is 19.3 Å². The second kappa shape index (κ2) is 6.38. The smallest absolute Gasteiger partial charge is 0.0558 e. The van der Waals surface area contributed by atoms with Crippen LogP contribution < -0.4 is 5.32 Å². The summed E-state index contributed by atoms with van der Waals surface area (Å²) in [7, 11) is 0. The van der Waals surface area contributed by atoms with Gasteiger partial charge in [0.25, 0.3) is 0 Å². The van der Waals surface area contributed by atoms with E-state index < -0.39 is 0 Å². The third-order valence-corrected chi connectivity index (χ3v) is 3.80. The van der Waals surface area contributed by atoms with Crippen molar-refractivity contribution in [2.24, 2.45) is 11.8 Å². The van der Waals surface area contributed by atoms with Gasteiger partial charge in [0.05, 0.1) is 6.61 Å². The van der Waals surface area contributed by atoms with Crippen molar-refractivity contribution in [3.63, 3.8) is 0 Å². The highest BCUT2D eigenvalue weighted by atomic mass is 16.3. The molecule has 2 bridgehead atoms. The monoisotopic (exact) mass is 224 g/mol. The molecule has 2 unspecified atom stereocenters. The first-order valence-corrected chi connectivity index (χ1v) is 6.61. The fourth-order valence-corrected chi connectivity index (χ4v) is 2.79. The van der Waals surface area contributed by atoms with Crippen molar-refractivity contribution >= 4 is 0 Å². The van der Waals surface area contributed by atoms with E-state index in [1.54, 1.807) is 0 Å². The summed E-state index contributed by atoms with van der Waals surface area (Å²) in [5.74, 6) is 1.98. The molecule has 0 radical (unpaired) electrons. The first-order valence-electron chi connectivity index (χ1n) is 6.61. The van der Waals surface area contributed by atoms with Gasteiger partial charge in [0.15, 0.2) is 0 Å². The number of fused-ring (bicyclic) bond motifs is 2. The Morgan fingerprint density at radius 3 is 2.12 bits per heavy atom. The minimum atomic E-state index is 0.292. The number of aliphatic hydroxyl groups is 1. The predicted octanol–water partition coefficient (Wildman–Crippen LogP) is 0.856. The van der Waals surface area contributed by atoms with Crippen LogP contribution in [0.2, 0.25) is 0 Å². The average Bonchev–Trinajstić information content (AvgIpc) is 2.96. The molecule has 2 atom stereocenters. The molecular formula is C13H24N2O. The molecule has 92 valence electrons. The van der Waals surface area contributed by atoms with Gasteiger partial charge in [0.1, 0.15) is 0 Å². The summed E-state index contributed by atoms with van der Waals surface area (Å²) in [6.07, 6.45) is 9.19. The van der Waals surface area contributed by atoms with Crippen LogP contribution in [-0.4, -0.2) is 49.3 Å². The van der Waals surface area contributed by atoms with Gasteiger partial charge in [-0.05, 0) is 31.1 Å². The Morgan fingerprint density at radius 1 is 1.12 bits per heavy atom. The number of hydrogen-bond donors (Lipinski definition) is 2. The van der Waals surface area contributed by atoms with Gasteiger partial charge in [-0.2, -0.15) is 0 Å². The highest BCUT2D eigenvalue weighted by molar-refractivity contribution is 5.06. The maximum absolute atomic E-state index is 8.56. The standard InChI is InChI=1S/C7H10.C6H14N2O/c1-2-7-4-3-6(1)5-7;9-6-5-8-3-1-7-2-4-8/h1-2,6-7H,3-5H2;7,9H,1-6H2. The Labute approximate surface area is 98.5 Å². The number of piperazine rings is 1. The summed E-state index contributed by atoms with van der Waals surface area (Å²) in [6.45, 7) is 5.43. The van der Waals surface area contributed by atoms with Gasteiger partial charge < -0.3 is 10.4 Å². The largest absolute Gasteiger partial charge is 0.395 e. The minimum Gasteiger partial charge on any atom is -0.395 e. The number of nitrogens with one attached hydrogen (secondary N) is 1. The van der Waals surface area contributed by atoms with Crippen LogP contribution in [-0.2, 0) is 0 Å². The molecule has 3 nitrogen and oxygen atoms in total. The molecular weight excluding hydrogens is 200 g/mol. The van der Waals surface area contributed by atoms with E-state index in [1.165, 1.54) is 19.3 Å². The third-order valence-electron chi connectivity index (χ3n) is 3.80. The Kier molecular flexibility index (Phi) is 4.82. The molecule has 3 rings (SSSR count). The number of hydrogen-bond acceptors (Lipinski definition) is 3. The van der Waals surface area contributed by atoms with Crippen molar-refractivity contribution < 1.29 is 5.11 Å². The quantitative estimate of drug-likeness (QED) is 0.683. The molecule has 1 saturated heterocycles. The molecule has 2 N–H and O–H groups in total. The molecule has 0 amide bonds. The van der Waals surface area contributed by atoms with Gasteiger partial charge in [-0.1, -0.05) is 12.2 Å². The molecule has 1 aliphatic heterocycles. The topological polar surface area (TPSA) is 35.5 Å². The summed E-state index contributed by atoms with van der Waals surface area (Å²) < 4.78 is 0. The average molecular weight is 224 g/mol. The first-order chi connectivity index (χ1) is 7.88. The van der Waals surface area contributed by atoms with Gasteiger partial charge in [0.2, 0.25) is 0 Å². The highest BCUT2D eigenvalue weighted by Gasteiger charge is 2.25. The van der Waals surface area contributed by atoms with E-state index in [-0.39, 0.29) is 0 Å². The van der Waals surface area contributed by atoms with Crippen LogP contribution in [0.3, 0.4) is 0 Å². The molecule has 0 spiro atoms. The Balaban J connectivity index is 0.000000123. The lowest BCUT2D eigenvalue weighted by Crippen LogP contribution is -2.44. The van der Waals surface area contributed by atoms with Crippen LogP contribution in [0.1, 0.15) is 19.3 Å². The molecule has 0 aromatic rings. The predicted molar refractivity (Wildman–Crippen MR) is 66.4 cm³/mol. The maximum Gasteiger partial charge on any atom is 0.0558 e. The molecule has 2 fully saturated rings. The van der Waals surface area contributed by atoms with Crippen LogP contribution >= 0.6 is 0 Å². The fraction of sp³-hybridized carbons (Fsp3) is 0.846. The SMILES string of the molecule is C1=CC2CCC1C2.OCCN1CCNCC1. The normalized spacial score (nSPS) is 32.6. The summed E-state index contributed by atoms with van der Waals surface area (Å²) in [5.41, 5.74) is 0. The lowest BCUT2D eigenvalue weighted by molar-refractivity contribution is 0.180. The molecule has 1 saturated carbocycles. The van der Waals surface area contributed by atoms with Crippen molar-refractivity contribution in [1.82, 2.24) is 10.2 Å². The van der Waals surface area contributed by atoms with Gasteiger partial charge in [-0.25, -0.2) is 0 Å². The number of β-amino-alcohol motifs (C(OH)–C–C–N with tert-alkyl or cyclic N) is 1. The van der Waals surface area contributed by atoms with E-state index in [9.17, 15) is 0 Å². The van der Waals surface area contributed by atoms with E-state index in [2.05, 4.69) is 22.4 Å². The minimum absolute atomic E-state index is 0.292. The number of aliphatic hydroxyl groups excluding tert-OH is 1. The zero-order valence-corrected chi connectivity index (χ0v) is 10.1. The number of rotatable bonds is 2. The van der Waals surface area contributed by atoms with Crippen molar-refractivity contribution in [2.75, 3.05) is 39.3 Å². The van der Waals surface area contributed by atoms with E-state index >= 15 is 0 Å². The van der Waals surface area contributed by atoms with Gasteiger partial charge in [-0.15, -0.1) is 0 Å². The van der Waals surface area contributed by atoms with Crippen molar-refractivity contribution in [3.8, 4) is 0 Å². The van der Waals surface area contributed by atoms with Gasteiger partial charge >= 0.3 is 0 Å². The third kappa shape index (κ3) is 3.58. The second-order valence-corrected chi connectivity index (χ2v) is 5.03.